The van der Waals surface area contributed by atoms with E-state index in [-0.39, 0.29) is 5.91 Å². The van der Waals surface area contributed by atoms with Gasteiger partial charge in [-0.05, 0) is 24.1 Å². The predicted molar refractivity (Wildman–Crippen MR) is 115 cm³/mol. The van der Waals surface area contributed by atoms with E-state index in [9.17, 15) is 4.79 Å². The van der Waals surface area contributed by atoms with E-state index >= 15 is 0 Å². The van der Waals surface area contributed by atoms with Crippen LogP contribution >= 0.6 is 0 Å². The zero-order valence-corrected chi connectivity index (χ0v) is 17.2. The molecule has 1 N–H and O–H groups in total. The number of ether oxygens (including phenoxy) is 2. The summed E-state index contributed by atoms with van der Waals surface area (Å²) in [7, 11) is 1.63. The molecule has 1 amide bonds. The summed E-state index contributed by atoms with van der Waals surface area (Å²) in [6, 6.07) is 13.1. The van der Waals surface area contributed by atoms with Gasteiger partial charge in [-0.2, -0.15) is 0 Å². The molecule has 1 fully saturated rings. The molecule has 1 atom stereocenters. The fourth-order valence-corrected chi connectivity index (χ4v) is 4.06. The molecule has 1 saturated heterocycles. The molecule has 3 heterocycles. The van der Waals surface area contributed by atoms with Gasteiger partial charge in [0.1, 0.15) is 6.04 Å². The lowest BCUT2D eigenvalue weighted by Gasteiger charge is -2.29. The number of hydrogen-bond donors (Lipinski definition) is 1. The zero-order chi connectivity index (χ0) is 21.2. The van der Waals surface area contributed by atoms with Crippen molar-refractivity contribution in [1.82, 2.24) is 19.8 Å². The van der Waals surface area contributed by atoms with Gasteiger partial charge in [0.2, 0.25) is 5.96 Å². The molecular formula is C23H23N5O3. The maximum Gasteiger partial charge on any atom is 0.254 e. The highest BCUT2D eigenvalue weighted by molar-refractivity contribution is 6.08. The summed E-state index contributed by atoms with van der Waals surface area (Å²) in [4.78, 5) is 23.4. The zero-order valence-electron chi connectivity index (χ0n) is 17.2. The van der Waals surface area contributed by atoms with E-state index in [0.717, 1.165) is 29.8 Å². The van der Waals surface area contributed by atoms with Crippen LogP contribution in [0, 0.1) is 0 Å². The highest BCUT2D eigenvalue weighted by atomic mass is 16.5. The van der Waals surface area contributed by atoms with E-state index in [0.29, 0.717) is 30.6 Å². The number of amides is 1. The Morgan fingerprint density at radius 3 is 2.84 bits per heavy atom. The van der Waals surface area contributed by atoms with E-state index in [1.54, 1.807) is 19.6 Å². The van der Waals surface area contributed by atoms with E-state index in [2.05, 4.69) is 15.3 Å². The molecule has 2 aliphatic rings. The van der Waals surface area contributed by atoms with Gasteiger partial charge in [0, 0.05) is 24.5 Å². The Hall–Kier alpha value is -3.81. The van der Waals surface area contributed by atoms with Crippen LogP contribution in [-0.2, 0) is 17.9 Å². The number of fused-ring (bicyclic) bond motifs is 2. The van der Waals surface area contributed by atoms with Crippen molar-refractivity contribution in [2.45, 2.75) is 25.6 Å². The number of hydrogen-bond acceptors (Lipinski definition) is 6. The minimum Gasteiger partial charge on any atom is -0.492 e. The maximum absolute atomic E-state index is 12.7. The third-order valence-electron chi connectivity index (χ3n) is 5.52. The van der Waals surface area contributed by atoms with Crippen molar-refractivity contribution < 1.29 is 14.3 Å². The van der Waals surface area contributed by atoms with Crippen LogP contribution < -0.4 is 14.8 Å². The van der Waals surface area contributed by atoms with Gasteiger partial charge >= 0.3 is 0 Å². The second-order valence-corrected chi connectivity index (χ2v) is 7.46. The number of carbonyl (C=O) groups is 1. The molecular weight excluding hydrogens is 394 g/mol. The van der Waals surface area contributed by atoms with Crippen molar-refractivity contribution in [3.63, 3.8) is 0 Å². The van der Waals surface area contributed by atoms with Crippen molar-refractivity contribution >= 4 is 17.6 Å². The minimum absolute atomic E-state index is 0.0762. The van der Waals surface area contributed by atoms with Gasteiger partial charge in [-0.25, -0.2) is 9.98 Å². The normalized spacial score (nSPS) is 16.9. The second-order valence-electron chi connectivity index (χ2n) is 7.46. The Labute approximate surface area is 180 Å². The van der Waals surface area contributed by atoms with Crippen molar-refractivity contribution in [1.29, 1.82) is 0 Å². The van der Waals surface area contributed by atoms with Crippen molar-refractivity contribution in [2.24, 2.45) is 4.99 Å². The summed E-state index contributed by atoms with van der Waals surface area (Å²) >= 11 is 0. The molecule has 0 spiro atoms. The van der Waals surface area contributed by atoms with Gasteiger partial charge in [0.15, 0.2) is 11.5 Å². The first-order valence-corrected chi connectivity index (χ1v) is 10.2. The topological polar surface area (TPSA) is 81.0 Å². The Morgan fingerprint density at radius 1 is 1.19 bits per heavy atom. The number of aliphatic imine (C=N–C) groups is 1. The third-order valence-corrected chi connectivity index (χ3v) is 5.52. The van der Waals surface area contributed by atoms with Crippen LogP contribution in [0.2, 0.25) is 0 Å². The molecule has 5 rings (SSSR count). The quantitative estimate of drug-likeness (QED) is 0.598. The summed E-state index contributed by atoms with van der Waals surface area (Å²) < 4.78 is 13.8. The molecule has 0 bridgehead atoms. The summed E-state index contributed by atoms with van der Waals surface area (Å²) in [5, 5.41) is 2.91. The summed E-state index contributed by atoms with van der Waals surface area (Å²) in [5.41, 5.74) is 2.62. The van der Waals surface area contributed by atoms with E-state index in [4.69, 9.17) is 9.47 Å². The molecule has 8 heteroatoms. The number of benzene rings is 2. The van der Waals surface area contributed by atoms with Gasteiger partial charge in [-0.15, -0.1) is 0 Å². The van der Waals surface area contributed by atoms with Crippen LogP contribution in [-0.4, -0.2) is 40.0 Å². The Bertz CT molecular complexity index is 1110. The number of methoxy groups -OCH3 is 1. The number of aromatic nitrogens is 2. The standard InChI is InChI=1S/C23H23N5O3/c1-30-21-17-14-28-20(16-6-3-2-4-7-16)22(29)26-23(28)25-18(17)8-9-19(21)31-13-5-11-27-12-10-24-15-27/h2-4,6-10,12,15,20H,5,11,13-14H2,1H3,(H,25,26,29). The molecule has 0 saturated carbocycles. The SMILES string of the molecule is COc1c(OCCCn2ccnc2)ccc2c1CN1C(=N2)NC(=O)C1c1ccccc1. The van der Waals surface area contributed by atoms with Crippen LogP contribution in [0.1, 0.15) is 23.6 Å². The number of rotatable bonds is 7. The van der Waals surface area contributed by atoms with Crippen molar-refractivity contribution in [3.05, 3.63) is 72.3 Å². The number of carbonyl (C=O) groups excluding carboxylic acids is 1. The summed E-state index contributed by atoms with van der Waals surface area (Å²) in [6.07, 6.45) is 6.34. The van der Waals surface area contributed by atoms with Crippen molar-refractivity contribution in [2.75, 3.05) is 13.7 Å². The van der Waals surface area contributed by atoms with Gasteiger partial charge in [0.25, 0.3) is 5.91 Å². The minimum atomic E-state index is -0.419. The first-order chi connectivity index (χ1) is 15.2. The molecule has 158 valence electrons. The lowest BCUT2D eigenvalue weighted by atomic mass is 10.0. The molecule has 0 aliphatic carbocycles. The Kier molecular flexibility index (Phi) is 5.03. The smallest absolute Gasteiger partial charge is 0.254 e. The van der Waals surface area contributed by atoms with Gasteiger partial charge in [-0.3, -0.25) is 10.1 Å². The third kappa shape index (κ3) is 3.61. The maximum atomic E-state index is 12.7. The fourth-order valence-electron chi connectivity index (χ4n) is 4.06. The van der Waals surface area contributed by atoms with E-state index in [1.807, 2.05) is 58.1 Å². The Balaban J connectivity index is 1.37. The highest BCUT2D eigenvalue weighted by Gasteiger charge is 2.41. The highest BCUT2D eigenvalue weighted by Crippen LogP contribution is 2.43. The number of nitrogens with one attached hydrogen (secondary N) is 1. The van der Waals surface area contributed by atoms with E-state index in [1.165, 1.54) is 0 Å². The summed E-state index contributed by atoms with van der Waals surface area (Å²) in [5.74, 6) is 1.84. The molecule has 2 aliphatic heterocycles. The average molecular weight is 417 g/mol. The molecule has 3 aromatic rings. The molecule has 31 heavy (non-hydrogen) atoms. The van der Waals surface area contributed by atoms with Crippen LogP contribution in [0.25, 0.3) is 0 Å². The van der Waals surface area contributed by atoms with Gasteiger partial charge in [-0.1, -0.05) is 30.3 Å². The first kappa shape index (κ1) is 19.2. The van der Waals surface area contributed by atoms with Gasteiger partial charge < -0.3 is 18.9 Å². The molecule has 1 unspecified atom stereocenters. The average Bonchev–Trinajstić information content (AvgIpc) is 3.42. The molecule has 1 aromatic heterocycles. The second kappa shape index (κ2) is 8.14. The number of nitrogens with zero attached hydrogens (tertiary/aromatic N) is 4. The number of aryl methyl sites for hydroxylation is 1. The van der Waals surface area contributed by atoms with Crippen molar-refractivity contribution in [3.8, 4) is 11.5 Å². The molecule has 2 aromatic carbocycles. The number of guanidine groups is 1. The first-order valence-electron chi connectivity index (χ1n) is 10.2. The Morgan fingerprint density at radius 2 is 2.06 bits per heavy atom. The predicted octanol–water partition coefficient (Wildman–Crippen LogP) is 3.04. The van der Waals surface area contributed by atoms with Crippen LogP contribution in [0.15, 0.2) is 66.2 Å². The molecule has 0 radical (unpaired) electrons. The van der Waals surface area contributed by atoms with Crippen LogP contribution in [0.5, 0.6) is 11.5 Å². The molecule has 8 nitrogen and oxygen atoms in total. The largest absolute Gasteiger partial charge is 0.492 e. The van der Waals surface area contributed by atoms with E-state index < -0.39 is 6.04 Å². The lowest BCUT2D eigenvalue weighted by Crippen LogP contribution is -2.33. The lowest BCUT2D eigenvalue weighted by molar-refractivity contribution is -0.121. The van der Waals surface area contributed by atoms with Crippen LogP contribution in [0.4, 0.5) is 5.69 Å². The summed E-state index contributed by atoms with van der Waals surface area (Å²) in [6.45, 7) is 1.89. The number of imidazole rings is 1. The van der Waals surface area contributed by atoms with Gasteiger partial charge in [0.05, 0.1) is 32.3 Å². The monoisotopic (exact) mass is 417 g/mol. The fraction of sp³-hybridized carbons (Fsp3) is 0.261. The van der Waals surface area contributed by atoms with Crippen LogP contribution in [0.3, 0.4) is 0 Å².